The molecule has 0 bridgehead atoms. The first-order chi connectivity index (χ1) is 11.4. The van der Waals surface area contributed by atoms with Crippen molar-refractivity contribution >= 4 is 23.1 Å². The van der Waals surface area contributed by atoms with Gasteiger partial charge in [-0.2, -0.15) is 0 Å². The summed E-state index contributed by atoms with van der Waals surface area (Å²) in [6.07, 6.45) is 0.00796. The Balaban J connectivity index is 0.000000443. The summed E-state index contributed by atoms with van der Waals surface area (Å²) < 4.78 is 0. The normalized spacial score (nSPS) is 9.04. The maximum absolute atomic E-state index is 11.2. The van der Waals surface area contributed by atoms with E-state index in [4.69, 9.17) is 0 Å². The molecule has 0 saturated heterocycles. The van der Waals surface area contributed by atoms with E-state index in [9.17, 15) is 19.2 Å². The van der Waals surface area contributed by atoms with E-state index in [1.165, 1.54) is 13.8 Å². The minimum Gasteiger partial charge on any atom is -0.300 e. The third kappa shape index (κ3) is 9.61. The Labute approximate surface area is 161 Å². The van der Waals surface area contributed by atoms with Gasteiger partial charge in [-0.3, -0.25) is 19.2 Å². The van der Waals surface area contributed by atoms with Gasteiger partial charge in [0, 0.05) is 31.5 Å². The molecule has 2 rings (SSSR count). The van der Waals surface area contributed by atoms with Crippen molar-refractivity contribution in [1.82, 2.24) is 0 Å². The standard InChI is InChI=1S/2C10H10O2.Pd/c2*1-8(11)7-10(12)9-5-3-2-4-6-9;/h2*2-6H,7H2,1H3;. The second-order valence-electron chi connectivity index (χ2n) is 5.34. The summed E-state index contributed by atoms with van der Waals surface area (Å²) in [7, 11) is 0. The van der Waals surface area contributed by atoms with Crippen LogP contribution in [0.3, 0.4) is 0 Å². The maximum atomic E-state index is 11.2. The van der Waals surface area contributed by atoms with Gasteiger partial charge in [0.25, 0.3) is 0 Å². The fourth-order valence-corrected chi connectivity index (χ4v) is 1.90. The van der Waals surface area contributed by atoms with Crippen molar-refractivity contribution in [3.05, 3.63) is 71.8 Å². The van der Waals surface area contributed by atoms with Crippen molar-refractivity contribution in [3.8, 4) is 0 Å². The Morgan fingerprint density at radius 2 is 0.880 bits per heavy atom. The fraction of sp³-hybridized carbons (Fsp3) is 0.200. The molecule has 2 aromatic rings. The fourth-order valence-electron chi connectivity index (χ4n) is 1.90. The predicted octanol–water partition coefficient (Wildman–Crippen LogP) is 3.69. The molecule has 4 nitrogen and oxygen atoms in total. The summed E-state index contributed by atoms with van der Waals surface area (Å²) >= 11 is 0. The van der Waals surface area contributed by atoms with Crippen LogP contribution in [0.25, 0.3) is 0 Å². The second kappa shape index (κ2) is 12.2. The molecule has 0 aliphatic carbocycles. The molecule has 0 aliphatic heterocycles. The van der Waals surface area contributed by atoms with Gasteiger partial charge < -0.3 is 0 Å². The van der Waals surface area contributed by atoms with Crippen LogP contribution in [-0.2, 0) is 30.0 Å². The molecule has 0 radical (unpaired) electrons. The van der Waals surface area contributed by atoms with Crippen molar-refractivity contribution in [3.63, 3.8) is 0 Å². The van der Waals surface area contributed by atoms with Crippen LogP contribution < -0.4 is 0 Å². The average molecular weight is 431 g/mol. The Kier molecular flexibility index (Phi) is 11.1. The largest absolute Gasteiger partial charge is 0.300 e. The molecular weight excluding hydrogens is 411 g/mol. The number of rotatable bonds is 6. The summed E-state index contributed by atoms with van der Waals surface area (Å²) in [5.41, 5.74) is 1.21. The molecular formula is C20H20O4Pd. The quantitative estimate of drug-likeness (QED) is 0.398. The number of benzene rings is 2. The summed E-state index contributed by atoms with van der Waals surface area (Å²) in [5, 5.41) is 0. The van der Waals surface area contributed by atoms with Gasteiger partial charge in [0.15, 0.2) is 11.6 Å². The molecule has 134 valence electrons. The van der Waals surface area contributed by atoms with Gasteiger partial charge in [0.1, 0.15) is 11.6 Å². The van der Waals surface area contributed by atoms with Gasteiger partial charge in [-0.05, 0) is 13.8 Å². The Morgan fingerprint density at radius 3 is 1.12 bits per heavy atom. The summed E-state index contributed by atoms with van der Waals surface area (Å²) in [5.74, 6) is -0.404. The molecule has 0 unspecified atom stereocenters. The number of carbonyl (C=O) groups excluding carboxylic acids is 4. The third-order valence-electron chi connectivity index (χ3n) is 3.01. The molecule has 25 heavy (non-hydrogen) atoms. The molecule has 0 N–H and O–H groups in total. The zero-order chi connectivity index (χ0) is 17.9. The Bertz CT molecular complexity index is 645. The molecule has 0 aliphatic rings. The van der Waals surface area contributed by atoms with Crippen LogP contribution in [0.15, 0.2) is 60.7 Å². The van der Waals surface area contributed by atoms with Gasteiger partial charge in [0.2, 0.25) is 0 Å². The SMILES string of the molecule is CC(=O)CC(=O)c1ccccc1.CC(=O)CC(=O)c1ccccc1.[Pd]. The van der Waals surface area contributed by atoms with Gasteiger partial charge in [-0.1, -0.05) is 60.7 Å². The van der Waals surface area contributed by atoms with Crippen molar-refractivity contribution in [2.75, 3.05) is 0 Å². The van der Waals surface area contributed by atoms with Crippen molar-refractivity contribution in [2.45, 2.75) is 26.7 Å². The van der Waals surface area contributed by atoms with Crippen LogP contribution >= 0.6 is 0 Å². The molecule has 2 aromatic carbocycles. The Hall–Kier alpha value is -2.22. The van der Waals surface area contributed by atoms with Crippen LogP contribution in [-0.4, -0.2) is 23.1 Å². The first-order valence-electron chi connectivity index (χ1n) is 7.55. The minimum absolute atomic E-state index is 0. The molecule has 0 atom stereocenters. The first-order valence-corrected chi connectivity index (χ1v) is 7.55. The number of hydrogen-bond acceptors (Lipinski definition) is 4. The van der Waals surface area contributed by atoms with E-state index < -0.39 is 0 Å². The zero-order valence-electron chi connectivity index (χ0n) is 14.1. The van der Waals surface area contributed by atoms with Crippen molar-refractivity contribution in [2.24, 2.45) is 0 Å². The number of carbonyl (C=O) groups is 4. The Morgan fingerprint density at radius 1 is 0.600 bits per heavy atom. The number of Topliss-reactive ketones (excluding diaryl/α,β-unsaturated/α-hetero) is 4. The smallest absolute Gasteiger partial charge is 0.170 e. The molecule has 5 heteroatoms. The van der Waals surface area contributed by atoms with Gasteiger partial charge in [-0.15, -0.1) is 0 Å². The molecule has 0 heterocycles. The van der Waals surface area contributed by atoms with E-state index >= 15 is 0 Å². The van der Waals surface area contributed by atoms with Crippen molar-refractivity contribution < 1.29 is 39.6 Å². The predicted molar refractivity (Wildman–Crippen MR) is 92.1 cm³/mol. The van der Waals surface area contributed by atoms with Crippen LogP contribution in [0.5, 0.6) is 0 Å². The summed E-state index contributed by atoms with van der Waals surface area (Å²) in [4.78, 5) is 43.7. The molecule has 0 fully saturated rings. The monoisotopic (exact) mass is 430 g/mol. The topological polar surface area (TPSA) is 68.3 Å². The summed E-state index contributed by atoms with van der Waals surface area (Å²) in [6.45, 7) is 2.84. The minimum atomic E-state index is -0.108. The molecule has 0 spiro atoms. The van der Waals surface area contributed by atoms with Gasteiger partial charge >= 0.3 is 0 Å². The molecule has 0 saturated carbocycles. The van der Waals surface area contributed by atoms with E-state index in [1.54, 1.807) is 48.5 Å². The summed E-state index contributed by atoms with van der Waals surface area (Å²) in [6, 6.07) is 17.7. The zero-order valence-corrected chi connectivity index (χ0v) is 15.7. The number of ketones is 4. The first kappa shape index (κ1) is 22.8. The van der Waals surface area contributed by atoms with E-state index in [-0.39, 0.29) is 56.4 Å². The maximum Gasteiger partial charge on any atom is 0.170 e. The van der Waals surface area contributed by atoms with Crippen LogP contribution in [0.2, 0.25) is 0 Å². The third-order valence-corrected chi connectivity index (χ3v) is 3.01. The molecule has 0 amide bonds. The van der Waals surface area contributed by atoms with Crippen molar-refractivity contribution in [1.29, 1.82) is 0 Å². The average Bonchev–Trinajstić information content (AvgIpc) is 2.56. The van der Waals surface area contributed by atoms with Gasteiger partial charge in [0.05, 0.1) is 12.8 Å². The molecule has 0 aromatic heterocycles. The van der Waals surface area contributed by atoms with E-state index in [1.807, 2.05) is 12.1 Å². The van der Waals surface area contributed by atoms with E-state index in [0.717, 1.165) is 0 Å². The van der Waals surface area contributed by atoms with E-state index in [0.29, 0.717) is 11.1 Å². The second-order valence-corrected chi connectivity index (χ2v) is 5.34. The number of hydrogen-bond donors (Lipinski definition) is 0. The van der Waals surface area contributed by atoms with Gasteiger partial charge in [-0.25, -0.2) is 0 Å². The van der Waals surface area contributed by atoms with Crippen LogP contribution in [0.1, 0.15) is 47.4 Å². The van der Waals surface area contributed by atoms with Crippen LogP contribution in [0, 0.1) is 0 Å². The van der Waals surface area contributed by atoms with E-state index in [2.05, 4.69) is 0 Å². The van der Waals surface area contributed by atoms with Crippen LogP contribution in [0.4, 0.5) is 0 Å².